The molecule has 1 amide bonds. The van der Waals surface area contributed by atoms with Crippen molar-refractivity contribution >= 4 is 22.1 Å². The zero-order chi connectivity index (χ0) is 31.9. The number of likely N-dealkylation sites (N-methyl/N-ethyl adjacent to an activating group) is 1. The largest absolute Gasteiger partial charge is 0.569 e. The van der Waals surface area contributed by atoms with Gasteiger partial charge in [0, 0.05) is 12.5 Å². The summed E-state index contributed by atoms with van der Waals surface area (Å²) in [6.45, 7) is 3.37. The van der Waals surface area contributed by atoms with Crippen LogP contribution in [-0.4, -0.2) is 66.7 Å². The molecule has 0 unspecified atom stereocenters. The lowest BCUT2D eigenvalue weighted by atomic mass is 10.1. The standard InChI is InChI=1S/C25H27F3N6O8S/c1-16-5-7-19(8-6-16)22-13-23(25(26,27)28)29-33(22)20-9-11-21(12-10-20)43(38,39)30-24(36)40-14-17(2)32(4)34(37)31-42-15-41-18(3)35/h5-13,17H,14-15H2,1-4H3,(H,30,36)/t17-/m0/s1. The van der Waals surface area contributed by atoms with Gasteiger partial charge in [-0.2, -0.15) is 18.3 Å². The minimum atomic E-state index is -4.72. The molecule has 3 aromatic rings. The van der Waals surface area contributed by atoms with Gasteiger partial charge in [-0.05, 0) is 44.2 Å². The Morgan fingerprint density at radius 2 is 1.77 bits per heavy atom. The first-order chi connectivity index (χ1) is 20.1. The number of nitrogens with one attached hydrogen (secondary N) is 1. The van der Waals surface area contributed by atoms with Crippen LogP contribution in [0.3, 0.4) is 0 Å². The number of rotatable bonds is 11. The molecule has 0 fully saturated rings. The van der Waals surface area contributed by atoms with Crippen molar-refractivity contribution in [2.75, 3.05) is 20.4 Å². The molecule has 1 heterocycles. The average molecular weight is 629 g/mol. The molecule has 0 radical (unpaired) electrons. The molecule has 2 aromatic carbocycles. The lowest BCUT2D eigenvalue weighted by Crippen LogP contribution is -2.40. The molecule has 232 valence electrons. The van der Waals surface area contributed by atoms with Crippen LogP contribution in [0.5, 0.6) is 0 Å². The second-order valence-electron chi connectivity index (χ2n) is 9.03. The predicted molar refractivity (Wildman–Crippen MR) is 141 cm³/mol. The van der Waals surface area contributed by atoms with E-state index in [-0.39, 0.29) is 21.2 Å². The third-order valence-corrected chi connectivity index (χ3v) is 7.09. The van der Waals surface area contributed by atoms with E-state index in [4.69, 9.17) is 4.74 Å². The SMILES string of the molecule is CC(=O)OCON=[N+]([O-])N(C)[C@@H](C)COC(=O)NS(=O)(=O)c1ccc(-n2nc(C(F)(F)F)cc2-c2ccc(C)cc2)cc1. The van der Waals surface area contributed by atoms with Crippen LogP contribution in [0.15, 0.2) is 64.8 Å². The van der Waals surface area contributed by atoms with Gasteiger partial charge in [0.2, 0.25) is 5.28 Å². The van der Waals surface area contributed by atoms with E-state index >= 15 is 0 Å². The second-order valence-corrected chi connectivity index (χ2v) is 10.7. The number of hydrogen-bond donors (Lipinski definition) is 1. The van der Waals surface area contributed by atoms with Crippen molar-refractivity contribution in [3.05, 3.63) is 71.1 Å². The molecule has 3 rings (SSSR count). The van der Waals surface area contributed by atoms with Gasteiger partial charge >= 0.3 is 18.2 Å². The number of halogens is 3. The number of amides is 1. The second kappa shape index (κ2) is 13.4. The molecule has 1 aromatic heterocycles. The van der Waals surface area contributed by atoms with Gasteiger partial charge < -0.3 is 19.5 Å². The Labute approximate surface area is 243 Å². The van der Waals surface area contributed by atoms with Crippen molar-refractivity contribution in [1.29, 1.82) is 0 Å². The number of benzene rings is 2. The molecule has 0 saturated carbocycles. The number of sulfonamides is 1. The number of aryl methyl sites for hydroxylation is 1. The van der Waals surface area contributed by atoms with E-state index in [1.165, 1.54) is 26.1 Å². The maximum absolute atomic E-state index is 13.4. The van der Waals surface area contributed by atoms with Crippen molar-refractivity contribution in [1.82, 2.24) is 19.5 Å². The average Bonchev–Trinajstić information content (AvgIpc) is 3.40. The fourth-order valence-electron chi connectivity index (χ4n) is 3.32. The highest BCUT2D eigenvalue weighted by molar-refractivity contribution is 7.90. The zero-order valence-corrected chi connectivity index (χ0v) is 24.0. The predicted octanol–water partition coefficient (Wildman–Crippen LogP) is 3.93. The molecule has 0 saturated heterocycles. The van der Waals surface area contributed by atoms with Gasteiger partial charge in [0.05, 0.1) is 28.3 Å². The summed E-state index contributed by atoms with van der Waals surface area (Å²) in [5.41, 5.74) is 0.488. The van der Waals surface area contributed by atoms with Crippen LogP contribution in [0.25, 0.3) is 16.9 Å². The molecule has 0 bridgehead atoms. The molecular weight excluding hydrogens is 601 g/mol. The van der Waals surface area contributed by atoms with Crippen LogP contribution in [0.2, 0.25) is 0 Å². The van der Waals surface area contributed by atoms with E-state index in [2.05, 4.69) is 20.0 Å². The summed E-state index contributed by atoms with van der Waals surface area (Å²) in [6.07, 6.45) is -6.07. The quantitative estimate of drug-likeness (QED) is 0.0820. The number of hydrogen-bond acceptors (Lipinski definition) is 10. The Bertz CT molecular complexity index is 1580. The first kappa shape index (κ1) is 32.6. The van der Waals surface area contributed by atoms with E-state index in [1.807, 2.05) is 6.92 Å². The minimum absolute atomic E-state index is 0.00472. The monoisotopic (exact) mass is 628 g/mol. The van der Waals surface area contributed by atoms with Crippen molar-refractivity contribution in [2.45, 2.75) is 37.9 Å². The molecule has 0 aliphatic carbocycles. The van der Waals surface area contributed by atoms with Crippen LogP contribution in [-0.2, 0) is 35.3 Å². The highest BCUT2D eigenvalue weighted by Crippen LogP contribution is 2.33. The number of ether oxygens (including phenoxy) is 2. The number of hydrazine groups is 1. The number of esters is 1. The Morgan fingerprint density at radius 1 is 1.14 bits per heavy atom. The number of carbonyl (C=O) groups is 2. The molecular formula is C25H27F3N6O8S. The maximum Gasteiger partial charge on any atom is 0.435 e. The summed E-state index contributed by atoms with van der Waals surface area (Å²) in [4.78, 5) is 27.0. The molecule has 1 N–H and O–H groups in total. The van der Waals surface area contributed by atoms with Crippen molar-refractivity contribution in [3.63, 3.8) is 0 Å². The fraction of sp³-hybridized carbons (Fsp3) is 0.320. The molecule has 1 atom stereocenters. The van der Waals surface area contributed by atoms with Crippen LogP contribution in [0, 0.1) is 12.1 Å². The van der Waals surface area contributed by atoms with Gasteiger partial charge in [-0.3, -0.25) is 4.79 Å². The number of alkyl halides is 3. The Balaban J connectivity index is 1.68. The molecule has 0 aliphatic heterocycles. The summed E-state index contributed by atoms with van der Waals surface area (Å²) in [6, 6.07) is 11.5. The first-order valence-corrected chi connectivity index (χ1v) is 13.8. The molecule has 14 nitrogen and oxygen atoms in total. The summed E-state index contributed by atoms with van der Waals surface area (Å²) in [5.74, 6) is -0.649. The highest BCUT2D eigenvalue weighted by Gasteiger charge is 2.35. The van der Waals surface area contributed by atoms with Crippen LogP contribution in [0.4, 0.5) is 18.0 Å². The van der Waals surface area contributed by atoms with Gasteiger partial charge in [-0.25, -0.2) is 22.6 Å². The van der Waals surface area contributed by atoms with Crippen LogP contribution >= 0.6 is 0 Å². The topological polar surface area (TPSA) is 167 Å². The normalized spacial score (nSPS) is 12.8. The van der Waals surface area contributed by atoms with Gasteiger partial charge in [0.1, 0.15) is 12.6 Å². The summed E-state index contributed by atoms with van der Waals surface area (Å²) in [7, 11) is -3.17. The minimum Gasteiger partial charge on any atom is -0.569 e. The van der Waals surface area contributed by atoms with E-state index in [9.17, 15) is 36.4 Å². The van der Waals surface area contributed by atoms with E-state index < -0.39 is 53.4 Å². The molecule has 0 spiro atoms. The fourth-order valence-corrected chi connectivity index (χ4v) is 4.21. The molecule has 43 heavy (non-hydrogen) atoms. The number of aromatic nitrogens is 2. The summed E-state index contributed by atoms with van der Waals surface area (Å²) in [5, 5.41) is 19.6. The number of carbonyl (C=O) groups excluding carboxylic acids is 2. The van der Waals surface area contributed by atoms with E-state index in [0.29, 0.717) is 5.56 Å². The third-order valence-electron chi connectivity index (χ3n) is 5.76. The summed E-state index contributed by atoms with van der Waals surface area (Å²) < 4.78 is 77.8. The van der Waals surface area contributed by atoms with Gasteiger partial charge in [-0.1, -0.05) is 29.8 Å². The van der Waals surface area contributed by atoms with E-state index in [1.54, 1.807) is 29.0 Å². The van der Waals surface area contributed by atoms with E-state index in [0.717, 1.165) is 40.4 Å². The maximum atomic E-state index is 13.4. The lowest BCUT2D eigenvalue weighted by molar-refractivity contribution is -0.713. The Kier molecular flexibility index (Phi) is 10.2. The number of nitrogens with zero attached hydrogens (tertiary/aromatic N) is 5. The highest BCUT2D eigenvalue weighted by atomic mass is 32.2. The smallest absolute Gasteiger partial charge is 0.435 e. The first-order valence-electron chi connectivity index (χ1n) is 12.3. The molecule has 18 heteroatoms. The van der Waals surface area contributed by atoms with Crippen LogP contribution < -0.4 is 4.72 Å². The summed E-state index contributed by atoms with van der Waals surface area (Å²) >= 11 is 0. The van der Waals surface area contributed by atoms with Crippen molar-refractivity contribution in [3.8, 4) is 16.9 Å². The Hall–Kier alpha value is -4.87. The zero-order valence-electron chi connectivity index (χ0n) is 23.2. The van der Waals surface area contributed by atoms with Gasteiger partial charge in [0.15, 0.2) is 5.69 Å². The lowest BCUT2D eigenvalue weighted by Gasteiger charge is -2.20. The molecule has 0 aliphatic rings. The van der Waals surface area contributed by atoms with Gasteiger partial charge in [-0.15, -0.1) is 5.01 Å². The Morgan fingerprint density at radius 3 is 2.35 bits per heavy atom. The van der Waals surface area contributed by atoms with Crippen molar-refractivity contribution < 1.29 is 50.5 Å². The van der Waals surface area contributed by atoms with Crippen LogP contribution in [0.1, 0.15) is 25.1 Å². The third kappa shape index (κ3) is 8.81. The van der Waals surface area contributed by atoms with Crippen molar-refractivity contribution in [2.24, 2.45) is 5.28 Å². The van der Waals surface area contributed by atoms with Gasteiger partial charge in [0.25, 0.3) is 16.8 Å².